The van der Waals surface area contributed by atoms with Crippen molar-refractivity contribution in [3.63, 3.8) is 0 Å². The largest absolute Gasteiger partial charge is 0.493 e. The molecule has 1 fully saturated rings. The normalized spacial score (nSPS) is 15.9. The van der Waals surface area contributed by atoms with Gasteiger partial charge in [0.05, 0.1) is 13.2 Å². The van der Waals surface area contributed by atoms with E-state index < -0.39 is 0 Å². The van der Waals surface area contributed by atoms with E-state index in [1.54, 1.807) is 14.2 Å². The zero-order valence-electron chi connectivity index (χ0n) is 12.6. The zero-order chi connectivity index (χ0) is 14.4. The highest BCUT2D eigenvalue weighted by Crippen LogP contribution is 2.30. The van der Waals surface area contributed by atoms with Crippen LogP contribution in [0.1, 0.15) is 31.7 Å². The highest BCUT2D eigenvalue weighted by molar-refractivity contribution is 5.43. The van der Waals surface area contributed by atoms with Crippen LogP contribution in [0.5, 0.6) is 11.5 Å². The van der Waals surface area contributed by atoms with Crippen LogP contribution in [0.15, 0.2) is 18.2 Å². The van der Waals surface area contributed by atoms with Gasteiger partial charge in [0.25, 0.3) is 0 Å². The van der Waals surface area contributed by atoms with Crippen molar-refractivity contribution in [2.75, 3.05) is 20.8 Å². The lowest BCUT2D eigenvalue weighted by molar-refractivity contribution is 0.132. The molecule has 0 bridgehead atoms. The van der Waals surface area contributed by atoms with E-state index >= 15 is 0 Å². The molecule has 0 aliphatic heterocycles. The minimum Gasteiger partial charge on any atom is -0.493 e. The van der Waals surface area contributed by atoms with Gasteiger partial charge in [0.1, 0.15) is 0 Å². The molecule has 1 aromatic rings. The van der Waals surface area contributed by atoms with E-state index in [1.165, 1.54) is 18.4 Å². The first kappa shape index (κ1) is 15.1. The summed E-state index contributed by atoms with van der Waals surface area (Å²) in [5, 5.41) is 3.51. The van der Waals surface area contributed by atoms with Crippen LogP contribution in [-0.2, 0) is 11.3 Å². The van der Waals surface area contributed by atoms with Crippen molar-refractivity contribution < 1.29 is 14.2 Å². The maximum atomic E-state index is 5.97. The Kier molecular flexibility index (Phi) is 5.68. The Bertz CT molecular complexity index is 418. The highest BCUT2D eigenvalue weighted by Gasteiger charge is 2.20. The Balaban J connectivity index is 1.97. The molecule has 0 radical (unpaired) electrons. The molecule has 1 N–H and O–H groups in total. The molecular weight excluding hydrogens is 254 g/mol. The molecule has 0 amide bonds. The van der Waals surface area contributed by atoms with E-state index in [1.807, 2.05) is 13.0 Å². The number of hydrogen-bond donors (Lipinski definition) is 1. The molecule has 1 aliphatic carbocycles. The summed E-state index contributed by atoms with van der Waals surface area (Å²) in [4.78, 5) is 0. The van der Waals surface area contributed by atoms with E-state index in [0.29, 0.717) is 12.6 Å². The van der Waals surface area contributed by atoms with Gasteiger partial charge in [0.2, 0.25) is 0 Å². The lowest BCUT2D eigenvalue weighted by Crippen LogP contribution is -2.17. The van der Waals surface area contributed by atoms with Crippen LogP contribution in [-0.4, -0.2) is 33.0 Å². The van der Waals surface area contributed by atoms with E-state index in [2.05, 4.69) is 17.4 Å². The number of hydrogen-bond acceptors (Lipinski definition) is 4. The van der Waals surface area contributed by atoms with Crippen LogP contribution in [0.4, 0.5) is 0 Å². The molecule has 0 aromatic heterocycles. The predicted octanol–water partition coefficient (Wildman–Crippen LogP) is 2.75. The van der Waals surface area contributed by atoms with Crippen molar-refractivity contribution in [2.24, 2.45) is 0 Å². The van der Waals surface area contributed by atoms with E-state index in [-0.39, 0.29) is 6.10 Å². The maximum Gasteiger partial charge on any atom is 0.161 e. The minimum atomic E-state index is 0.107. The Labute approximate surface area is 121 Å². The molecule has 112 valence electrons. The van der Waals surface area contributed by atoms with Gasteiger partial charge in [-0.1, -0.05) is 6.07 Å². The second kappa shape index (κ2) is 7.50. The van der Waals surface area contributed by atoms with E-state index in [9.17, 15) is 0 Å². The van der Waals surface area contributed by atoms with Crippen LogP contribution < -0.4 is 14.8 Å². The van der Waals surface area contributed by atoms with Gasteiger partial charge in [0.15, 0.2) is 11.5 Å². The number of benzene rings is 1. The van der Waals surface area contributed by atoms with Crippen LogP contribution in [0.25, 0.3) is 0 Å². The molecular formula is C16H25NO3. The topological polar surface area (TPSA) is 39.7 Å². The summed E-state index contributed by atoms with van der Waals surface area (Å²) < 4.78 is 16.4. The molecule has 1 saturated carbocycles. The molecule has 1 aromatic carbocycles. The third-order valence-electron chi connectivity index (χ3n) is 3.46. The molecule has 1 atom stereocenters. The van der Waals surface area contributed by atoms with Crippen LogP contribution >= 0.6 is 0 Å². The molecule has 1 aliphatic rings. The first-order valence-electron chi connectivity index (χ1n) is 7.29. The summed E-state index contributed by atoms with van der Waals surface area (Å²) in [7, 11) is 3.38. The quantitative estimate of drug-likeness (QED) is 0.754. The van der Waals surface area contributed by atoms with Gasteiger partial charge in [-0.15, -0.1) is 0 Å². The number of rotatable bonds is 9. The first-order valence-corrected chi connectivity index (χ1v) is 7.29. The summed E-state index contributed by atoms with van der Waals surface area (Å²) in [5.41, 5.74) is 1.23. The summed E-state index contributed by atoms with van der Waals surface area (Å²) in [6, 6.07) is 6.84. The Morgan fingerprint density at radius 2 is 2.05 bits per heavy atom. The third-order valence-corrected chi connectivity index (χ3v) is 3.46. The fourth-order valence-corrected chi connectivity index (χ4v) is 2.03. The van der Waals surface area contributed by atoms with Gasteiger partial charge < -0.3 is 19.5 Å². The SMILES string of the molecule is COCCC(C)Oc1cc(CNC2CC2)ccc1OC. The van der Waals surface area contributed by atoms with Crippen molar-refractivity contribution in [3.05, 3.63) is 23.8 Å². The fourth-order valence-electron chi connectivity index (χ4n) is 2.03. The molecule has 1 unspecified atom stereocenters. The standard InChI is InChI=1S/C16H25NO3/c1-12(8-9-18-2)20-16-10-13(4-7-15(16)19-3)11-17-14-5-6-14/h4,7,10,12,14,17H,5-6,8-9,11H2,1-3H3. The van der Waals surface area contributed by atoms with Crippen LogP contribution in [0.2, 0.25) is 0 Å². The zero-order valence-corrected chi connectivity index (χ0v) is 12.6. The van der Waals surface area contributed by atoms with Gasteiger partial charge >= 0.3 is 0 Å². The second-order valence-electron chi connectivity index (χ2n) is 5.35. The van der Waals surface area contributed by atoms with Crippen LogP contribution in [0.3, 0.4) is 0 Å². The molecule has 4 nitrogen and oxygen atoms in total. The van der Waals surface area contributed by atoms with Crippen LogP contribution in [0, 0.1) is 0 Å². The second-order valence-corrected chi connectivity index (χ2v) is 5.35. The Morgan fingerprint density at radius 1 is 1.25 bits per heavy atom. The van der Waals surface area contributed by atoms with Gasteiger partial charge in [-0.05, 0) is 37.5 Å². The third kappa shape index (κ3) is 4.69. The summed E-state index contributed by atoms with van der Waals surface area (Å²) in [6.45, 7) is 3.64. The lowest BCUT2D eigenvalue weighted by Gasteiger charge is -2.17. The Morgan fingerprint density at radius 3 is 2.70 bits per heavy atom. The fraction of sp³-hybridized carbons (Fsp3) is 0.625. The smallest absolute Gasteiger partial charge is 0.161 e. The average molecular weight is 279 g/mol. The summed E-state index contributed by atoms with van der Waals surface area (Å²) in [5.74, 6) is 1.59. The summed E-state index contributed by atoms with van der Waals surface area (Å²) >= 11 is 0. The van der Waals surface area contributed by atoms with Crippen molar-refractivity contribution in [1.29, 1.82) is 0 Å². The molecule has 4 heteroatoms. The highest BCUT2D eigenvalue weighted by atomic mass is 16.5. The predicted molar refractivity (Wildman–Crippen MR) is 79.4 cm³/mol. The number of methoxy groups -OCH3 is 2. The van der Waals surface area contributed by atoms with Gasteiger partial charge in [-0.25, -0.2) is 0 Å². The molecule has 20 heavy (non-hydrogen) atoms. The van der Waals surface area contributed by atoms with Gasteiger partial charge in [0, 0.05) is 32.7 Å². The van der Waals surface area contributed by atoms with E-state index in [4.69, 9.17) is 14.2 Å². The van der Waals surface area contributed by atoms with Crippen molar-refractivity contribution in [3.8, 4) is 11.5 Å². The van der Waals surface area contributed by atoms with Crippen molar-refractivity contribution in [1.82, 2.24) is 5.32 Å². The first-order chi connectivity index (χ1) is 9.72. The number of ether oxygens (including phenoxy) is 3. The van der Waals surface area contributed by atoms with Gasteiger partial charge in [-0.3, -0.25) is 0 Å². The minimum absolute atomic E-state index is 0.107. The van der Waals surface area contributed by atoms with Crippen molar-refractivity contribution in [2.45, 2.75) is 44.9 Å². The lowest BCUT2D eigenvalue weighted by atomic mass is 10.2. The molecule has 2 rings (SSSR count). The Hall–Kier alpha value is -1.26. The molecule has 0 saturated heterocycles. The monoisotopic (exact) mass is 279 g/mol. The molecule has 0 spiro atoms. The number of nitrogens with one attached hydrogen (secondary N) is 1. The van der Waals surface area contributed by atoms with Crippen molar-refractivity contribution >= 4 is 0 Å². The molecule has 0 heterocycles. The maximum absolute atomic E-state index is 5.97. The van der Waals surface area contributed by atoms with Gasteiger partial charge in [-0.2, -0.15) is 0 Å². The average Bonchev–Trinajstić information content (AvgIpc) is 3.27. The van der Waals surface area contributed by atoms with E-state index in [0.717, 1.165) is 24.5 Å². The summed E-state index contributed by atoms with van der Waals surface area (Å²) in [6.07, 6.45) is 3.57.